The van der Waals surface area contributed by atoms with Gasteiger partial charge in [0.2, 0.25) is 0 Å². The quantitative estimate of drug-likeness (QED) is 0.159. The zero-order valence-corrected chi connectivity index (χ0v) is 18.4. The summed E-state index contributed by atoms with van der Waals surface area (Å²) in [6.07, 6.45) is 1.28. The number of rotatable bonds is 6. The Kier molecular flexibility index (Phi) is 6.29. The monoisotopic (exact) mass is 474 g/mol. The van der Waals surface area contributed by atoms with Gasteiger partial charge in [0, 0.05) is 34.7 Å². The third-order valence-corrected chi connectivity index (χ3v) is 5.60. The Labute approximate surface area is 196 Å². The number of nitro benzene ring substituents is 1. The maximum absolute atomic E-state index is 13.1. The topological polar surface area (TPSA) is 122 Å². The van der Waals surface area contributed by atoms with E-state index in [4.69, 9.17) is 4.42 Å². The van der Waals surface area contributed by atoms with Crippen molar-refractivity contribution in [2.24, 2.45) is 0 Å². The Morgan fingerprint density at radius 1 is 1.24 bits per heavy atom. The molecule has 0 unspecified atom stereocenters. The van der Waals surface area contributed by atoms with Gasteiger partial charge >= 0.3 is 0 Å². The molecule has 168 valence electrons. The number of thiazole rings is 1. The summed E-state index contributed by atoms with van der Waals surface area (Å²) in [5.74, 6) is -0.433. The predicted molar refractivity (Wildman–Crippen MR) is 125 cm³/mol. The number of furan rings is 1. The standard InChI is InChI=1S/C24H15FN4O4S/c1-14-2-7-18(29(31)32)11-20(14)22-9-8-19(33-22)10-16(12-26)23(30)28-24-27-21(13-34-24)15-3-5-17(25)6-4-15/h2-11,13H,1H3,(H,27,28,30)/b16-10-. The molecule has 4 aromatic rings. The summed E-state index contributed by atoms with van der Waals surface area (Å²) in [6.45, 7) is 1.79. The van der Waals surface area contributed by atoms with Gasteiger partial charge in [0.15, 0.2) is 5.13 Å². The van der Waals surface area contributed by atoms with Crippen molar-refractivity contribution in [3.8, 4) is 28.7 Å². The average Bonchev–Trinajstić information content (AvgIpc) is 3.48. The van der Waals surface area contributed by atoms with Crippen LogP contribution in [0.2, 0.25) is 0 Å². The molecule has 0 atom stereocenters. The van der Waals surface area contributed by atoms with E-state index in [0.717, 1.165) is 5.56 Å². The highest BCUT2D eigenvalue weighted by Crippen LogP contribution is 2.30. The van der Waals surface area contributed by atoms with E-state index >= 15 is 0 Å². The van der Waals surface area contributed by atoms with E-state index < -0.39 is 10.8 Å². The van der Waals surface area contributed by atoms with Crippen LogP contribution in [0.1, 0.15) is 11.3 Å². The molecule has 1 amide bonds. The molecule has 0 aliphatic carbocycles. The molecule has 0 aliphatic heterocycles. The fourth-order valence-electron chi connectivity index (χ4n) is 3.10. The maximum atomic E-state index is 13.1. The first kappa shape index (κ1) is 22.6. The molecule has 4 rings (SSSR count). The van der Waals surface area contributed by atoms with Gasteiger partial charge in [0.25, 0.3) is 11.6 Å². The molecule has 0 bridgehead atoms. The van der Waals surface area contributed by atoms with E-state index in [-0.39, 0.29) is 28.0 Å². The minimum absolute atomic E-state index is 0.0744. The molecule has 0 spiro atoms. The number of halogens is 1. The van der Waals surface area contributed by atoms with Crippen LogP contribution in [0.3, 0.4) is 0 Å². The summed E-state index contributed by atoms with van der Waals surface area (Å²) in [5, 5.41) is 25.1. The van der Waals surface area contributed by atoms with Gasteiger partial charge in [-0.05, 0) is 48.9 Å². The fourth-order valence-corrected chi connectivity index (χ4v) is 3.82. The number of aromatic nitrogens is 1. The predicted octanol–water partition coefficient (Wildman–Crippen LogP) is 5.97. The first-order valence-corrected chi connectivity index (χ1v) is 10.7. The summed E-state index contributed by atoms with van der Waals surface area (Å²) in [4.78, 5) is 27.5. The van der Waals surface area contributed by atoms with E-state index in [1.54, 1.807) is 42.6 Å². The number of nitrogens with zero attached hydrogens (tertiary/aromatic N) is 3. The van der Waals surface area contributed by atoms with Crippen LogP contribution in [0.5, 0.6) is 0 Å². The number of non-ortho nitro benzene ring substituents is 1. The third-order valence-electron chi connectivity index (χ3n) is 4.84. The molecule has 0 saturated heterocycles. The zero-order chi connectivity index (χ0) is 24.2. The van der Waals surface area contributed by atoms with Crippen LogP contribution in [-0.4, -0.2) is 15.8 Å². The molecular weight excluding hydrogens is 459 g/mol. The van der Waals surface area contributed by atoms with Crippen molar-refractivity contribution in [3.05, 3.63) is 92.8 Å². The molecule has 2 heterocycles. The lowest BCUT2D eigenvalue weighted by Gasteiger charge is -2.02. The van der Waals surface area contributed by atoms with Crippen LogP contribution in [0.15, 0.2) is 70.0 Å². The summed E-state index contributed by atoms with van der Waals surface area (Å²) in [5.41, 5.74) is 2.27. The van der Waals surface area contributed by atoms with Gasteiger partial charge in [-0.1, -0.05) is 6.07 Å². The number of nitro groups is 1. The van der Waals surface area contributed by atoms with E-state index in [2.05, 4.69) is 10.3 Å². The van der Waals surface area contributed by atoms with Crippen LogP contribution in [-0.2, 0) is 4.79 Å². The Morgan fingerprint density at radius 2 is 2.00 bits per heavy atom. The molecule has 2 aromatic carbocycles. The highest BCUT2D eigenvalue weighted by molar-refractivity contribution is 7.14. The molecule has 0 saturated carbocycles. The van der Waals surface area contributed by atoms with Gasteiger partial charge in [-0.15, -0.1) is 11.3 Å². The van der Waals surface area contributed by atoms with Crippen molar-refractivity contribution < 1.29 is 18.5 Å². The summed E-state index contributed by atoms with van der Waals surface area (Å²) in [6, 6.07) is 15.2. The smallest absolute Gasteiger partial charge is 0.270 e. The number of hydrogen-bond acceptors (Lipinski definition) is 7. The third kappa shape index (κ3) is 4.90. The average molecular weight is 474 g/mol. The molecule has 10 heteroatoms. The van der Waals surface area contributed by atoms with E-state index in [9.17, 15) is 24.6 Å². The van der Waals surface area contributed by atoms with Crippen LogP contribution < -0.4 is 5.32 Å². The SMILES string of the molecule is Cc1ccc([N+](=O)[O-])cc1-c1ccc(/C=C(/C#N)C(=O)Nc2nc(-c3ccc(F)cc3)cs2)o1. The second-order valence-electron chi connectivity index (χ2n) is 7.13. The number of benzene rings is 2. The molecule has 34 heavy (non-hydrogen) atoms. The van der Waals surface area contributed by atoms with E-state index in [0.29, 0.717) is 22.6 Å². The highest BCUT2D eigenvalue weighted by Gasteiger charge is 2.16. The van der Waals surface area contributed by atoms with Gasteiger partial charge in [-0.25, -0.2) is 9.37 Å². The largest absolute Gasteiger partial charge is 0.457 e. The number of anilines is 1. The molecule has 2 aromatic heterocycles. The highest BCUT2D eigenvalue weighted by atomic mass is 32.1. The van der Waals surface area contributed by atoms with Crippen LogP contribution >= 0.6 is 11.3 Å². The lowest BCUT2D eigenvalue weighted by atomic mass is 10.1. The number of aryl methyl sites for hydroxylation is 1. The van der Waals surface area contributed by atoms with Crippen molar-refractivity contribution in [2.45, 2.75) is 6.92 Å². The molecular formula is C24H15FN4O4S. The van der Waals surface area contributed by atoms with Crippen molar-refractivity contribution in [1.82, 2.24) is 4.98 Å². The first-order valence-electron chi connectivity index (χ1n) is 9.84. The second kappa shape index (κ2) is 9.48. The van der Waals surface area contributed by atoms with Crippen molar-refractivity contribution in [2.75, 3.05) is 5.32 Å². The van der Waals surface area contributed by atoms with Crippen LogP contribution in [0.25, 0.3) is 28.7 Å². The molecule has 1 N–H and O–H groups in total. The van der Waals surface area contributed by atoms with Gasteiger partial charge in [0.1, 0.15) is 29.0 Å². The molecule has 0 radical (unpaired) electrons. The van der Waals surface area contributed by atoms with Crippen molar-refractivity contribution in [1.29, 1.82) is 5.26 Å². The number of nitriles is 1. The Bertz CT molecular complexity index is 1460. The Hall–Kier alpha value is -4.62. The summed E-state index contributed by atoms with van der Waals surface area (Å²) in [7, 11) is 0. The first-order chi connectivity index (χ1) is 16.3. The number of carbonyl (C=O) groups is 1. The number of nitrogens with one attached hydrogen (secondary N) is 1. The van der Waals surface area contributed by atoms with Crippen molar-refractivity contribution >= 4 is 34.1 Å². The second-order valence-corrected chi connectivity index (χ2v) is 7.99. The Balaban J connectivity index is 1.52. The lowest BCUT2D eigenvalue weighted by Crippen LogP contribution is -2.13. The van der Waals surface area contributed by atoms with Crippen LogP contribution in [0.4, 0.5) is 15.2 Å². The minimum Gasteiger partial charge on any atom is -0.457 e. The van der Waals surface area contributed by atoms with Gasteiger partial charge in [-0.3, -0.25) is 20.2 Å². The summed E-state index contributed by atoms with van der Waals surface area (Å²) < 4.78 is 18.8. The molecule has 0 fully saturated rings. The maximum Gasteiger partial charge on any atom is 0.270 e. The van der Waals surface area contributed by atoms with Gasteiger partial charge in [0.05, 0.1) is 10.6 Å². The fraction of sp³-hybridized carbons (Fsp3) is 0.0417. The number of amides is 1. The molecule has 8 nitrogen and oxygen atoms in total. The van der Waals surface area contributed by atoms with Gasteiger partial charge in [-0.2, -0.15) is 5.26 Å². The van der Waals surface area contributed by atoms with E-state index in [1.165, 1.54) is 41.7 Å². The van der Waals surface area contributed by atoms with Crippen molar-refractivity contribution in [3.63, 3.8) is 0 Å². The molecule has 0 aliphatic rings. The lowest BCUT2D eigenvalue weighted by molar-refractivity contribution is -0.384. The number of hydrogen-bond donors (Lipinski definition) is 1. The number of carbonyl (C=O) groups excluding carboxylic acids is 1. The zero-order valence-electron chi connectivity index (χ0n) is 17.6. The van der Waals surface area contributed by atoms with Crippen LogP contribution in [0, 0.1) is 34.2 Å². The normalized spacial score (nSPS) is 11.1. The van der Waals surface area contributed by atoms with E-state index in [1.807, 2.05) is 6.07 Å². The van der Waals surface area contributed by atoms with Gasteiger partial charge < -0.3 is 4.42 Å². The minimum atomic E-state index is -0.674. The Morgan fingerprint density at radius 3 is 2.71 bits per heavy atom. The summed E-state index contributed by atoms with van der Waals surface area (Å²) >= 11 is 1.17.